The number of rotatable bonds is 4. The predicted octanol–water partition coefficient (Wildman–Crippen LogP) is 1.76. The molecule has 0 fully saturated rings. The molecule has 16 heavy (non-hydrogen) atoms. The first-order chi connectivity index (χ1) is 7.70. The van der Waals surface area contributed by atoms with Gasteiger partial charge in [0.25, 0.3) is 0 Å². The van der Waals surface area contributed by atoms with Gasteiger partial charge in [-0.3, -0.25) is 4.79 Å². The summed E-state index contributed by atoms with van der Waals surface area (Å²) in [6.45, 7) is 1.87. The van der Waals surface area contributed by atoms with Crippen molar-refractivity contribution < 1.29 is 9.53 Å². The Labute approximate surface area is 94.0 Å². The van der Waals surface area contributed by atoms with E-state index in [2.05, 4.69) is 0 Å². The van der Waals surface area contributed by atoms with E-state index in [1.807, 2.05) is 6.07 Å². The number of nitrogens with one attached hydrogen (secondary N) is 1. The van der Waals surface area contributed by atoms with Crippen LogP contribution in [0.25, 0.3) is 0 Å². The highest BCUT2D eigenvalue weighted by Crippen LogP contribution is 2.09. The van der Waals surface area contributed by atoms with Crippen LogP contribution in [0.4, 0.5) is 0 Å². The predicted molar refractivity (Wildman–Crippen MR) is 59.0 cm³/mol. The van der Waals surface area contributed by atoms with Crippen molar-refractivity contribution in [2.75, 3.05) is 6.61 Å². The number of esters is 1. The Morgan fingerprint density at radius 3 is 2.62 bits per heavy atom. The van der Waals surface area contributed by atoms with Gasteiger partial charge < -0.3 is 10.1 Å². The first-order valence-corrected chi connectivity index (χ1v) is 4.90. The van der Waals surface area contributed by atoms with Gasteiger partial charge in [-0.1, -0.05) is 30.3 Å². The summed E-state index contributed by atoms with van der Waals surface area (Å²) in [4.78, 5) is 11.4. The number of hydrogen-bond donors (Lipinski definition) is 1. The smallest absolute Gasteiger partial charge is 0.329 e. The van der Waals surface area contributed by atoms with E-state index in [1.165, 1.54) is 0 Å². The van der Waals surface area contributed by atoms with Crippen molar-refractivity contribution in [3.63, 3.8) is 0 Å². The summed E-state index contributed by atoms with van der Waals surface area (Å²) in [5.41, 5.74) is 0.531. The van der Waals surface area contributed by atoms with Gasteiger partial charge in [0.15, 0.2) is 5.92 Å². The van der Waals surface area contributed by atoms with Gasteiger partial charge in [0.1, 0.15) is 0 Å². The lowest BCUT2D eigenvalue weighted by Gasteiger charge is -2.09. The van der Waals surface area contributed by atoms with Crippen molar-refractivity contribution >= 4 is 11.7 Å². The molecule has 0 amide bonds. The standard InChI is InChI=1S/C12H12N2O2/c1-2-16-12(15)10(8-13)11(14)9-6-4-3-5-7-9/h3-7,10,14H,2H2,1H3. The zero-order chi connectivity index (χ0) is 12.0. The van der Waals surface area contributed by atoms with Crippen LogP contribution in [-0.2, 0) is 9.53 Å². The summed E-state index contributed by atoms with van der Waals surface area (Å²) >= 11 is 0. The molecule has 4 nitrogen and oxygen atoms in total. The molecule has 0 aromatic heterocycles. The van der Waals surface area contributed by atoms with Crippen molar-refractivity contribution in [3.05, 3.63) is 35.9 Å². The molecule has 0 aliphatic rings. The average Bonchev–Trinajstić information content (AvgIpc) is 2.31. The first-order valence-electron chi connectivity index (χ1n) is 4.90. The second-order valence-corrected chi connectivity index (χ2v) is 3.09. The molecule has 1 aromatic carbocycles. The Morgan fingerprint density at radius 2 is 2.12 bits per heavy atom. The molecule has 0 aliphatic heterocycles. The second kappa shape index (κ2) is 5.66. The van der Waals surface area contributed by atoms with Crippen LogP contribution in [0, 0.1) is 22.7 Å². The van der Waals surface area contributed by atoms with E-state index in [1.54, 1.807) is 37.3 Å². The van der Waals surface area contributed by atoms with E-state index < -0.39 is 11.9 Å². The first kappa shape index (κ1) is 11.9. The lowest BCUT2D eigenvalue weighted by molar-refractivity contribution is -0.143. The third kappa shape index (κ3) is 2.67. The number of hydrogen-bond acceptors (Lipinski definition) is 4. The lowest BCUT2D eigenvalue weighted by Crippen LogP contribution is -2.24. The Bertz CT molecular complexity index is 420. The quantitative estimate of drug-likeness (QED) is 0.615. The van der Waals surface area contributed by atoms with Gasteiger partial charge in [-0.25, -0.2) is 0 Å². The molecule has 0 saturated carbocycles. The van der Waals surface area contributed by atoms with Crippen molar-refractivity contribution in [3.8, 4) is 6.07 Å². The summed E-state index contributed by atoms with van der Waals surface area (Å²) in [5.74, 6) is -1.82. The number of benzene rings is 1. The zero-order valence-electron chi connectivity index (χ0n) is 8.93. The van der Waals surface area contributed by atoms with E-state index in [-0.39, 0.29) is 12.3 Å². The molecule has 82 valence electrons. The van der Waals surface area contributed by atoms with Gasteiger partial charge in [0, 0.05) is 0 Å². The normalized spacial score (nSPS) is 11.2. The van der Waals surface area contributed by atoms with Crippen molar-refractivity contribution in [1.82, 2.24) is 0 Å². The Balaban J connectivity index is 2.87. The molecule has 4 heteroatoms. The zero-order valence-corrected chi connectivity index (χ0v) is 8.93. The topological polar surface area (TPSA) is 73.9 Å². The highest BCUT2D eigenvalue weighted by Gasteiger charge is 2.25. The molecule has 1 atom stereocenters. The van der Waals surface area contributed by atoms with Gasteiger partial charge in [0.2, 0.25) is 0 Å². The van der Waals surface area contributed by atoms with Crippen LogP contribution in [0.2, 0.25) is 0 Å². The fourth-order valence-electron chi connectivity index (χ4n) is 1.25. The number of carbonyl (C=O) groups is 1. The summed E-state index contributed by atoms with van der Waals surface area (Å²) in [6.07, 6.45) is 0. The summed E-state index contributed by atoms with van der Waals surface area (Å²) in [6, 6.07) is 10.5. The SMILES string of the molecule is CCOC(=O)C(C#N)C(=N)c1ccccc1. The molecular formula is C12H12N2O2. The highest BCUT2D eigenvalue weighted by atomic mass is 16.5. The molecule has 0 aliphatic carbocycles. The third-order valence-corrected chi connectivity index (χ3v) is 2.02. The average molecular weight is 216 g/mol. The van der Waals surface area contributed by atoms with Gasteiger partial charge in [-0.2, -0.15) is 5.26 Å². The number of ether oxygens (including phenoxy) is 1. The van der Waals surface area contributed by atoms with Crippen LogP contribution in [0.15, 0.2) is 30.3 Å². The Morgan fingerprint density at radius 1 is 1.50 bits per heavy atom. The molecule has 0 radical (unpaired) electrons. The van der Waals surface area contributed by atoms with E-state index in [9.17, 15) is 4.79 Å². The molecule has 0 saturated heterocycles. The number of nitriles is 1. The third-order valence-electron chi connectivity index (χ3n) is 2.02. The summed E-state index contributed by atoms with van der Waals surface area (Å²) < 4.78 is 4.74. The van der Waals surface area contributed by atoms with Crippen LogP contribution in [0.1, 0.15) is 12.5 Å². The molecule has 1 unspecified atom stereocenters. The number of carbonyl (C=O) groups excluding carboxylic acids is 1. The Hall–Kier alpha value is -2.15. The van der Waals surface area contributed by atoms with Crippen LogP contribution < -0.4 is 0 Å². The molecule has 0 bridgehead atoms. The molecule has 0 spiro atoms. The van der Waals surface area contributed by atoms with Gasteiger partial charge in [-0.05, 0) is 12.5 Å². The minimum atomic E-state index is -1.15. The lowest BCUT2D eigenvalue weighted by atomic mass is 9.98. The maximum absolute atomic E-state index is 11.4. The summed E-state index contributed by atoms with van der Waals surface area (Å²) in [7, 11) is 0. The van der Waals surface area contributed by atoms with Gasteiger partial charge in [-0.15, -0.1) is 0 Å². The van der Waals surface area contributed by atoms with Crippen molar-refractivity contribution in [2.24, 2.45) is 5.92 Å². The van der Waals surface area contributed by atoms with Gasteiger partial charge >= 0.3 is 5.97 Å². The monoisotopic (exact) mass is 216 g/mol. The molecular weight excluding hydrogens is 204 g/mol. The maximum atomic E-state index is 11.4. The summed E-state index contributed by atoms with van der Waals surface area (Å²) in [5, 5.41) is 16.6. The van der Waals surface area contributed by atoms with Crippen LogP contribution in [0.3, 0.4) is 0 Å². The highest BCUT2D eigenvalue weighted by molar-refractivity contribution is 6.12. The van der Waals surface area contributed by atoms with Crippen molar-refractivity contribution in [1.29, 1.82) is 10.7 Å². The van der Waals surface area contributed by atoms with Gasteiger partial charge in [0.05, 0.1) is 18.4 Å². The molecule has 1 rings (SSSR count). The second-order valence-electron chi connectivity index (χ2n) is 3.09. The molecule has 1 aromatic rings. The fourth-order valence-corrected chi connectivity index (χ4v) is 1.25. The largest absolute Gasteiger partial charge is 0.465 e. The van der Waals surface area contributed by atoms with Crippen LogP contribution in [0.5, 0.6) is 0 Å². The Kier molecular flexibility index (Phi) is 4.22. The van der Waals surface area contributed by atoms with E-state index >= 15 is 0 Å². The fraction of sp³-hybridized carbons (Fsp3) is 0.250. The van der Waals surface area contributed by atoms with E-state index in [4.69, 9.17) is 15.4 Å². The minimum absolute atomic E-state index is 0.0263. The van der Waals surface area contributed by atoms with Crippen LogP contribution in [-0.4, -0.2) is 18.3 Å². The van der Waals surface area contributed by atoms with E-state index in [0.717, 1.165) is 0 Å². The van der Waals surface area contributed by atoms with Crippen molar-refractivity contribution in [2.45, 2.75) is 6.92 Å². The molecule has 0 heterocycles. The number of nitrogens with zero attached hydrogens (tertiary/aromatic N) is 1. The van der Waals surface area contributed by atoms with Crippen LogP contribution >= 0.6 is 0 Å². The minimum Gasteiger partial charge on any atom is -0.465 e. The molecule has 1 N–H and O–H groups in total. The van der Waals surface area contributed by atoms with E-state index in [0.29, 0.717) is 5.56 Å². The maximum Gasteiger partial charge on any atom is 0.329 e.